The lowest BCUT2D eigenvalue weighted by molar-refractivity contribution is 0.376. The van der Waals surface area contributed by atoms with Crippen molar-refractivity contribution >= 4 is 0 Å². The van der Waals surface area contributed by atoms with E-state index in [0.29, 0.717) is 5.92 Å². The number of nitrogens with one attached hydrogen (secondary N) is 1. The number of aryl methyl sites for hydroxylation is 1. The number of oxazole rings is 1. The molecule has 3 heteroatoms. The van der Waals surface area contributed by atoms with Crippen LogP contribution in [0, 0.1) is 6.92 Å². The molecule has 1 N–H and O–H groups in total. The molecule has 0 spiro atoms. The van der Waals surface area contributed by atoms with Gasteiger partial charge in [0, 0.05) is 12.5 Å². The van der Waals surface area contributed by atoms with E-state index in [2.05, 4.69) is 10.3 Å². The second-order valence-electron chi connectivity index (χ2n) is 6.20. The van der Waals surface area contributed by atoms with Crippen LogP contribution in [0.5, 0.6) is 0 Å². The maximum Gasteiger partial charge on any atom is 0.198 e. The highest BCUT2D eigenvalue weighted by Crippen LogP contribution is 2.21. The summed E-state index contributed by atoms with van der Waals surface area (Å²) in [6.07, 6.45) is 16.2. The quantitative estimate of drug-likeness (QED) is 0.817. The molecule has 3 rings (SSSR count). The fourth-order valence-electron chi connectivity index (χ4n) is 3.04. The van der Waals surface area contributed by atoms with Gasteiger partial charge < -0.3 is 9.73 Å². The molecule has 2 fully saturated rings. The zero-order valence-corrected chi connectivity index (χ0v) is 13.0. The molecular formula is C17H30N2O. The van der Waals surface area contributed by atoms with Crippen molar-refractivity contribution in [2.24, 2.45) is 0 Å². The van der Waals surface area contributed by atoms with E-state index >= 15 is 0 Å². The summed E-state index contributed by atoms with van der Waals surface area (Å²) in [7, 11) is 0. The Morgan fingerprint density at radius 1 is 1.00 bits per heavy atom. The number of nitrogens with zero attached hydrogens (tertiary/aromatic N) is 1. The zero-order valence-electron chi connectivity index (χ0n) is 13.0. The lowest BCUT2D eigenvalue weighted by atomic mass is 10.00. The zero-order chi connectivity index (χ0) is 14.0. The summed E-state index contributed by atoms with van der Waals surface area (Å²) in [5, 5.41) is 3.34. The minimum atomic E-state index is 0.493. The Bertz CT molecular complexity index is 332. The molecule has 1 atom stereocenters. The molecule has 114 valence electrons. The van der Waals surface area contributed by atoms with E-state index in [9.17, 15) is 0 Å². The average Bonchev–Trinajstić information content (AvgIpc) is 2.86. The van der Waals surface area contributed by atoms with Crippen LogP contribution in [0.25, 0.3) is 0 Å². The first-order valence-corrected chi connectivity index (χ1v) is 8.49. The molecule has 0 bridgehead atoms. The summed E-state index contributed by atoms with van der Waals surface area (Å²) < 4.78 is 5.35. The second kappa shape index (κ2) is 9.17. The molecule has 2 aliphatic rings. The molecule has 0 aromatic carbocycles. The first kappa shape index (κ1) is 15.6. The Morgan fingerprint density at radius 3 is 2.00 bits per heavy atom. The number of rotatable bonds is 1. The topological polar surface area (TPSA) is 38.1 Å². The van der Waals surface area contributed by atoms with Gasteiger partial charge >= 0.3 is 0 Å². The van der Waals surface area contributed by atoms with Crippen LogP contribution >= 0.6 is 0 Å². The molecule has 1 aromatic heterocycles. The van der Waals surface area contributed by atoms with Crippen LogP contribution in [-0.4, -0.2) is 18.1 Å². The van der Waals surface area contributed by atoms with E-state index in [4.69, 9.17) is 4.42 Å². The van der Waals surface area contributed by atoms with E-state index < -0.39 is 0 Å². The SMILES string of the molecule is C1CCCCCCC1.Cc1coc(C2CCCNC2)n1. The van der Waals surface area contributed by atoms with Gasteiger partial charge in [-0.3, -0.25) is 0 Å². The van der Waals surface area contributed by atoms with Crippen LogP contribution in [0.2, 0.25) is 0 Å². The summed E-state index contributed by atoms with van der Waals surface area (Å²) in [6, 6.07) is 0. The predicted octanol–water partition coefficient (Wildman–Crippen LogP) is 4.57. The van der Waals surface area contributed by atoms with E-state index in [-0.39, 0.29) is 0 Å². The second-order valence-corrected chi connectivity index (χ2v) is 6.20. The van der Waals surface area contributed by atoms with E-state index in [1.54, 1.807) is 6.26 Å². The predicted molar refractivity (Wildman–Crippen MR) is 83.0 cm³/mol. The van der Waals surface area contributed by atoms with Crippen molar-refractivity contribution in [2.75, 3.05) is 13.1 Å². The highest BCUT2D eigenvalue weighted by Gasteiger charge is 2.19. The third-order valence-electron chi connectivity index (χ3n) is 4.28. The van der Waals surface area contributed by atoms with Gasteiger partial charge in [-0.15, -0.1) is 0 Å². The highest BCUT2D eigenvalue weighted by atomic mass is 16.3. The molecule has 1 aromatic rings. The molecule has 1 saturated carbocycles. The number of hydrogen-bond donors (Lipinski definition) is 1. The highest BCUT2D eigenvalue weighted by molar-refractivity contribution is 5.00. The van der Waals surface area contributed by atoms with Crippen molar-refractivity contribution in [1.29, 1.82) is 0 Å². The molecule has 0 radical (unpaired) electrons. The van der Waals surface area contributed by atoms with Gasteiger partial charge in [-0.25, -0.2) is 4.98 Å². The van der Waals surface area contributed by atoms with Gasteiger partial charge in [0.25, 0.3) is 0 Å². The molecule has 1 aliphatic carbocycles. The summed E-state index contributed by atoms with van der Waals surface area (Å²) in [6.45, 7) is 4.11. The number of piperidine rings is 1. The smallest absolute Gasteiger partial charge is 0.198 e. The summed E-state index contributed by atoms with van der Waals surface area (Å²) in [4.78, 5) is 4.33. The average molecular weight is 278 g/mol. The van der Waals surface area contributed by atoms with Gasteiger partial charge in [-0.1, -0.05) is 51.4 Å². The van der Waals surface area contributed by atoms with Crippen molar-refractivity contribution in [2.45, 2.75) is 77.0 Å². The van der Waals surface area contributed by atoms with Gasteiger partial charge in [-0.05, 0) is 26.3 Å². The monoisotopic (exact) mass is 278 g/mol. The Kier molecular flexibility index (Phi) is 7.13. The summed E-state index contributed by atoms with van der Waals surface area (Å²) >= 11 is 0. The van der Waals surface area contributed by atoms with Gasteiger partial charge in [0.2, 0.25) is 0 Å². The standard InChI is InChI=1S/C9H14N2O.C8H16/c1-7-6-12-9(11-7)8-3-2-4-10-5-8;1-2-4-6-8-7-5-3-1/h6,8,10H,2-5H2,1H3;1-8H2. The maximum atomic E-state index is 5.35. The van der Waals surface area contributed by atoms with Crippen LogP contribution in [0.15, 0.2) is 10.7 Å². The van der Waals surface area contributed by atoms with Crippen LogP contribution in [0.3, 0.4) is 0 Å². The Balaban J connectivity index is 0.000000160. The third kappa shape index (κ3) is 5.66. The van der Waals surface area contributed by atoms with Crippen LogP contribution in [0.1, 0.15) is 81.7 Å². The largest absolute Gasteiger partial charge is 0.448 e. The van der Waals surface area contributed by atoms with E-state index in [1.807, 2.05) is 6.92 Å². The normalized spacial score (nSPS) is 24.1. The fraction of sp³-hybridized carbons (Fsp3) is 0.824. The molecule has 0 amide bonds. The van der Waals surface area contributed by atoms with E-state index in [0.717, 1.165) is 24.7 Å². The molecule has 1 aliphatic heterocycles. The van der Waals surface area contributed by atoms with Gasteiger partial charge in [0.1, 0.15) is 6.26 Å². The van der Waals surface area contributed by atoms with Crippen molar-refractivity contribution < 1.29 is 4.42 Å². The van der Waals surface area contributed by atoms with Crippen molar-refractivity contribution in [3.63, 3.8) is 0 Å². The van der Waals surface area contributed by atoms with Crippen LogP contribution < -0.4 is 5.32 Å². The molecular weight excluding hydrogens is 248 g/mol. The number of hydrogen-bond acceptors (Lipinski definition) is 3. The fourth-order valence-corrected chi connectivity index (χ4v) is 3.04. The van der Waals surface area contributed by atoms with Crippen LogP contribution in [0.4, 0.5) is 0 Å². The molecule has 20 heavy (non-hydrogen) atoms. The molecule has 2 heterocycles. The van der Waals surface area contributed by atoms with Crippen molar-refractivity contribution in [3.8, 4) is 0 Å². The van der Waals surface area contributed by atoms with E-state index in [1.165, 1.54) is 64.2 Å². The Morgan fingerprint density at radius 2 is 1.60 bits per heavy atom. The van der Waals surface area contributed by atoms with Crippen molar-refractivity contribution in [3.05, 3.63) is 17.8 Å². The Hall–Kier alpha value is -0.830. The molecule has 3 nitrogen and oxygen atoms in total. The molecule has 1 saturated heterocycles. The minimum absolute atomic E-state index is 0.493. The first-order valence-electron chi connectivity index (χ1n) is 8.49. The molecule has 1 unspecified atom stereocenters. The van der Waals surface area contributed by atoms with Gasteiger partial charge in [-0.2, -0.15) is 0 Å². The lowest BCUT2D eigenvalue weighted by Crippen LogP contribution is -2.28. The van der Waals surface area contributed by atoms with Crippen molar-refractivity contribution in [1.82, 2.24) is 10.3 Å². The summed E-state index contributed by atoms with van der Waals surface area (Å²) in [5.74, 6) is 1.40. The van der Waals surface area contributed by atoms with Gasteiger partial charge in [0.15, 0.2) is 5.89 Å². The summed E-state index contributed by atoms with van der Waals surface area (Å²) in [5.41, 5.74) is 0.982. The first-order chi connectivity index (χ1) is 9.86. The lowest BCUT2D eigenvalue weighted by Gasteiger charge is -2.19. The van der Waals surface area contributed by atoms with Crippen LogP contribution in [-0.2, 0) is 0 Å². The van der Waals surface area contributed by atoms with Gasteiger partial charge in [0.05, 0.1) is 5.69 Å². The maximum absolute atomic E-state index is 5.35. The minimum Gasteiger partial charge on any atom is -0.448 e. The number of aromatic nitrogens is 1. The Labute approximate surface area is 123 Å². The third-order valence-corrected chi connectivity index (χ3v) is 4.28.